The zero-order valence-corrected chi connectivity index (χ0v) is 15.9. The second-order valence-corrected chi connectivity index (χ2v) is 6.28. The van der Waals surface area contributed by atoms with Crippen molar-refractivity contribution in [2.24, 2.45) is 0 Å². The molecule has 0 aromatic carbocycles. The average molecular weight is 356 g/mol. The van der Waals surface area contributed by atoms with Crippen molar-refractivity contribution in [2.75, 3.05) is 13.2 Å². The molecule has 0 N–H and O–H groups in total. The van der Waals surface area contributed by atoms with Gasteiger partial charge in [0.1, 0.15) is 16.9 Å². The molecule has 3 rings (SSSR count). The van der Waals surface area contributed by atoms with Crippen LogP contribution in [0.5, 0.6) is 0 Å². The predicted octanol–water partition coefficient (Wildman–Crippen LogP) is 4.11. The van der Waals surface area contributed by atoms with Crippen molar-refractivity contribution in [3.05, 3.63) is 30.4 Å². The van der Waals surface area contributed by atoms with E-state index in [4.69, 9.17) is 14.5 Å². The summed E-state index contributed by atoms with van der Waals surface area (Å²) in [5, 5.41) is 0. The highest BCUT2D eigenvalue weighted by Gasteiger charge is 2.15. The molecular formula is C20H28N4O2. The zero-order chi connectivity index (χ0) is 18.4. The van der Waals surface area contributed by atoms with Gasteiger partial charge in [-0.05, 0) is 38.8 Å². The van der Waals surface area contributed by atoms with E-state index in [1.807, 2.05) is 38.4 Å². The average Bonchev–Trinajstić information content (AvgIpc) is 3.00. The fourth-order valence-corrected chi connectivity index (χ4v) is 3.33. The maximum absolute atomic E-state index is 5.67. The van der Waals surface area contributed by atoms with Gasteiger partial charge in [0.05, 0.1) is 17.2 Å². The van der Waals surface area contributed by atoms with Gasteiger partial charge >= 0.3 is 0 Å². The summed E-state index contributed by atoms with van der Waals surface area (Å²) in [4.78, 5) is 13.9. The topological polar surface area (TPSA) is 62.1 Å². The first kappa shape index (κ1) is 18.7. The van der Waals surface area contributed by atoms with E-state index in [2.05, 4.69) is 21.5 Å². The van der Waals surface area contributed by atoms with Crippen molar-refractivity contribution >= 4 is 22.1 Å². The van der Waals surface area contributed by atoms with Crippen LogP contribution >= 0.6 is 0 Å². The first-order chi connectivity index (χ1) is 12.8. The molecule has 0 atom stereocenters. The molecule has 26 heavy (non-hydrogen) atoms. The maximum Gasteiger partial charge on any atom is 0.157 e. The van der Waals surface area contributed by atoms with E-state index in [0.29, 0.717) is 13.2 Å². The van der Waals surface area contributed by atoms with Crippen molar-refractivity contribution in [3.63, 3.8) is 0 Å². The molecule has 0 aliphatic heterocycles. The van der Waals surface area contributed by atoms with Gasteiger partial charge in [0.2, 0.25) is 0 Å². The molecule has 0 bridgehead atoms. The van der Waals surface area contributed by atoms with Gasteiger partial charge in [-0.1, -0.05) is 6.92 Å². The fourth-order valence-electron chi connectivity index (χ4n) is 3.33. The van der Waals surface area contributed by atoms with Crippen molar-refractivity contribution < 1.29 is 9.47 Å². The van der Waals surface area contributed by atoms with Crippen LogP contribution in [0.3, 0.4) is 0 Å². The van der Waals surface area contributed by atoms with Crippen LogP contribution in [0, 0.1) is 0 Å². The predicted molar refractivity (Wildman–Crippen MR) is 103 cm³/mol. The van der Waals surface area contributed by atoms with Crippen LogP contribution in [0.25, 0.3) is 22.1 Å². The van der Waals surface area contributed by atoms with Crippen LogP contribution in [0.1, 0.15) is 45.9 Å². The maximum atomic E-state index is 5.67. The van der Waals surface area contributed by atoms with Crippen molar-refractivity contribution in [3.8, 4) is 0 Å². The monoisotopic (exact) mass is 356 g/mol. The summed E-state index contributed by atoms with van der Waals surface area (Å²) >= 11 is 0. The quantitative estimate of drug-likeness (QED) is 0.512. The Labute approximate surface area is 154 Å². The van der Waals surface area contributed by atoms with E-state index in [9.17, 15) is 0 Å². The van der Waals surface area contributed by atoms with Crippen molar-refractivity contribution in [1.82, 2.24) is 19.5 Å². The highest BCUT2D eigenvalue weighted by molar-refractivity contribution is 5.99. The van der Waals surface area contributed by atoms with Gasteiger partial charge in [0, 0.05) is 38.8 Å². The van der Waals surface area contributed by atoms with Crippen LogP contribution in [-0.2, 0) is 22.4 Å². The summed E-state index contributed by atoms with van der Waals surface area (Å²) in [6.07, 6.45) is 7.38. The number of aromatic nitrogens is 4. The highest BCUT2D eigenvalue weighted by Crippen LogP contribution is 2.24. The molecule has 3 aromatic rings. The third kappa shape index (κ3) is 4.02. The highest BCUT2D eigenvalue weighted by atomic mass is 16.7. The Hall–Kier alpha value is -2.05. The Morgan fingerprint density at radius 2 is 1.88 bits per heavy atom. The Kier molecular flexibility index (Phi) is 6.52. The summed E-state index contributed by atoms with van der Waals surface area (Å²) in [7, 11) is 0. The minimum atomic E-state index is -0.133. The third-order valence-corrected chi connectivity index (χ3v) is 4.41. The lowest BCUT2D eigenvalue weighted by Gasteiger charge is -2.17. The summed E-state index contributed by atoms with van der Waals surface area (Å²) in [6, 6.07) is 3.92. The van der Waals surface area contributed by atoms with Crippen LogP contribution in [0.2, 0.25) is 0 Å². The van der Waals surface area contributed by atoms with E-state index < -0.39 is 0 Å². The molecule has 0 radical (unpaired) electrons. The van der Waals surface area contributed by atoms with E-state index >= 15 is 0 Å². The standard InChI is InChI=1S/C20H28N4O2/c1-4-9-17-23-16-14-22-15-10-7-12-21-19(15)20(16)24(17)13-8-11-18(25-5-2)26-6-3/h7,10,12,14,18H,4-6,8-9,11,13H2,1-3H3. The minimum absolute atomic E-state index is 0.133. The molecule has 3 heterocycles. The number of nitrogens with zero attached hydrogens (tertiary/aromatic N) is 4. The van der Waals surface area contributed by atoms with Crippen LogP contribution < -0.4 is 0 Å². The van der Waals surface area contributed by atoms with Gasteiger partial charge < -0.3 is 14.0 Å². The lowest BCUT2D eigenvalue weighted by atomic mass is 10.2. The third-order valence-electron chi connectivity index (χ3n) is 4.41. The van der Waals surface area contributed by atoms with Gasteiger partial charge in [-0.15, -0.1) is 0 Å². The van der Waals surface area contributed by atoms with E-state index in [1.54, 1.807) is 0 Å². The van der Waals surface area contributed by atoms with E-state index in [1.165, 1.54) is 0 Å². The first-order valence-corrected chi connectivity index (χ1v) is 9.60. The number of hydrogen-bond acceptors (Lipinski definition) is 5. The molecule has 3 aromatic heterocycles. The molecule has 6 heteroatoms. The molecule has 0 amide bonds. The smallest absolute Gasteiger partial charge is 0.157 e. The van der Waals surface area contributed by atoms with Gasteiger partial charge in [-0.25, -0.2) is 4.98 Å². The molecular weight excluding hydrogens is 328 g/mol. The SMILES string of the molecule is CCCc1nc2cnc3cccnc3c2n1CCCC(OCC)OCC. The van der Waals surface area contributed by atoms with Crippen LogP contribution in [-0.4, -0.2) is 39.0 Å². The Morgan fingerprint density at radius 1 is 1.08 bits per heavy atom. The zero-order valence-electron chi connectivity index (χ0n) is 15.9. The van der Waals surface area contributed by atoms with Gasteiger partial charge in [-0.2, -0.15) is 0 Å². The molecule has 140 valence electrons. The number of hydrogen-bond donors (Lipinski definition) is 0. The lowest BCUT2D eigenvalue weighted by molar-refractivity contribution is -0.140. The molecule has 0 aliphatic rings. The second-order valence-electron chi connectivity index (χ2n) is 6.28. The van der Waals surface area contributed by atoms with Gasteiger partial charge in [0.15, 0.2) is 6.29 Å². The number of rotatable bonds is 10. The second kappa shape index (κ2) is 9.05. The molecule has 0 fully saturated rings. The summed E-state index contributed by atoms with van der Waals surface area (Å²) in [6.45, 7) is 8.38. The Bertz CT molecular complexity index is 840. The summed E-state index contributed by atoms with van der Waals surface area (Å²) < 4.78 is 13.6. The normalized spacial score (nSPS) is 11.8. The molecule has 6 nitrogen and oxygen atoms in total. The number of aryl methyl sites for hydroxylation is 2. The van der Waals surface area contributed by atoms with Gasteiger partial charge in [-0.3, -0.25) is 9.97 Å². The number of ether oxygens (including phenoxy) is 2. The van der Waals surface area contributed by atoms with E-state index in [0.717, 1.165) is 60.1 Å². The lowest BCUT2D eigenvalue weighted by Crippen LogP contribution is -2.18. The molecule has 0 unspecified atom stereocenters. The first-order valence-electron chi connectivity index (χ1n) is 9.60. The van der Waals surface area contributed by atoms with Crippen LogP contribution in [0.15, 0.2) is 24.5 Å². The number of pyridine rings is 2. The largest absolute Gasteiger partial charge is 0.353 e. The summed E-state index contributed by atoms with van der Waals surface area (Å²) in [5.41, 5.74) is 3.84. The molecule has 0 saturated carbocycles. The van der Waals surface area contributed by atoms with Gasteiger partial charge in [0.25, 0.3) is 0 Å². The van der Waals surface area contributed by atoms with E-state index in [-0.39, 0.29) is 6.29 Å². The van der Waals surface area contributed by atoms with Crippen LogP contribution in [0.4, 0.5) is 0 Å². The molecule has 0 spiro atoms. The Balaban J connectivity index is 1.89. The Morgan fingerprint density at radius 3 is 2.62 bits per heavy atom. The molecule has 0 aliphatic carbocycles. The molecule has 0 saturated heterocycles. The van der Waals surface area contributed by atoms with Crippen molar-refractivity contribution in [2.45, 2.75) is 59.3 Å². The fraction of sp³-hybridized carbons (Fsp3) is 0.550. The number of imidazole rings is 1. The summed E-state index contributed by atoms with van der Waals surface area (Å²) in [5.74, 6) is 1.10. The number of fused-ring (bicyclic) bond motifs is 3. The van der Waals surface area contributed by atoms with Crippen molar-refractivity contribution in [1.29, 1.82) is 0 Å². The minimum Gasteiger partial charge on any atom is -0.353 e.